The number of carbonyl (C=O) groups excluding carboxylic acids is 2. The zero-order chi connectivity index (χ0) is 18.1. The van der Waals surface area contributed by atoms with Crippen LogP contribution in [0.4, 0.5) is 4.79 Å². The molecule has 1 saturated heterocycles. The quantitative estimate of drug-likeness (QED) is 0.782. The first-order chi connectivity index (χ1) is 11.9. The molecule has 3 atom stereocenters. The molecule has 1 aromatic carbocycles. The number of nitrogens with one attached hydrogen (secondary N) is 1. The van der Waals surface area contributed by atoms with Crippen LogP contribution in [0.1, 0.15) is 31.9 Å². The van der Waals surface area contributed by atoms with Gasteiger partial charge in [0.1, 0.15) is 25.3 Å². The Morgan fingerprint density at radius 3 is 2.64 bits per heavy atom. The van der Waals surface area contributed by atoms with Crippen molar-refractivity contribution in [3.63, 3.8) is 0 Å². The number of ether oxygens (including phenoxy) is 2. The minimum atomic E-state index is -1.19. The minimum Gasteiger partial charge on any atom is -0.486 e. The Balaban J connectivity index is 1.89. The van der Waals surface area contributed by atoms with Gasteiger partial charge in [0.05, 0.1) is 0 Å². The Morgan fingerprint density at radius 1 is 1.32 bits per heavy atom. The van der Waals surface area contributed by atoms with Crippen molar-refractivity contribution in [3.8, 4) is 11.5 Å². The summed E-state index contributed by atoms with van der Waals surface area (Å²) in [5.74, 6) is -1.05. The molecule has 1 fully saturated rings. The number of nitrogens with zero attached hydrogens (tertiary/aromatic N) is 1. The summed E-state index contributed by atoms with van der Waals surface area (Å²) in [5.41, 5.74) is 0.526. The molecule has 2 aliphatic rings. The Morgan fingerprint density at radius 2 is 2.00 bits per heavy atom. The van der Waals surface area contributed by atoms with Gasteiger partial charge >= 0.3 is 12.0 Å². The van der Waals surface area contributed by atoms with Crippen molar-refractivity contribution in [2.24, 2.45) is 5.92 Å². The molecule has 1 aromatic rings. The first-order valence-corrected chi connectivity index (χ1v) is 8.20. The third-order valence-corrected chi connectivity index (χ3v) is 4.58. The molecule has 0 bridgehead atoms. The lowest BCUT2D eigenvalue weighted by atomic mass is 9.97. The molecule has 0 radical (unpaired) electrons. The highest BCUT2D eigenvalue weighted by Gasteiger charge is 2.47. The van der Waals surface area contributed by atoms with Crippen LogP contribution in [-0.4, -0.2) is 47.2 Å². The van der Waals surface area contributed by atoms with Crippen LogP contribution in [0.3, 0.4) is 0 Å². The molecule has 2 N–H and O–H groups in total. The molecule has 3 rings (SSSR count). The normalized spacial score (nSPS) is 21.7. The van der Waals surface area contributed by atoms with E-state index in [0.717, 1.165) is 4.90 Å². The Bertz CT molecular complexity index is 719. The minimum absolute atomic E-state index is 0.355. The molecule has 1 unspecified atom stereocenters. The summed E-state index contributed by atoms with van der Waals surface area (Å²) >= 11 is 0. The Labute approximate surface area is 144 Å². The molecule has 0 aromatic heterocycles. The highest BCUT2D eigenvalue weighted by atomic mass is 16.6. The van der Waals surface area contributed by atoms with Gasteiger partial charge in [-0.1, -0.05) is 26.3 Å². The first kappa shape index (κ1) is 17.1. The van der Waals surface area contributed by atoms with Crippen LogP contribution in [0.2, 0.25) is 0 Å². The Hall–Kier alpha value is -2.77. The van der Waals surface area contributed by atoms with E-state index >= 15 is 0 Å². The average molecular weight is 348 g/mol. The van der Waals surface area contributed by atoms with Gasteiger partial charge in [0, 0.05) is 0 Å². The summed E-state index contributed by atoms with van der Waals surface area (Å²) in [4.78, 5) is 37.5. The third kappa shape index (κ3) is 2.99. The van der Waals surface area contributed by atoms with E-state index in [1.165, 1.54) is 0 Å². The fourth-order valence-electron chi connectivity index (χ4n) is 3.05. The average Bonchev–Trinajstić information content (AvgIpc) is 2.89. The summed E-state index contributed by atoms with van der Waals surface area (Å²) in [6.45, 7) is 4.38. The number of hydrogen-bond donors (Lipinski definition) is 2. The predicted octanol–water partition coefficient (Wildman–Crippen LogP) is 1.55. The second-order valence-corrected chi connectivity index (χ2v) is 6.16. The predicted molar refractivity (Wildman–Crippen MR) is 86.4 cm³/mol. The number of carboxylic acids is 1. The number of aliphatic carboxylic acids is 1. The SMILES string of the molecule is CC[C@H](C)[C@@H](C(=O)O)N1C(=O)NC(c2ccc3c(c2)OCCO3)C1=O. The van der Waals surface area contributed by atoms with E-state index in [0.29, 0.717) is 36.7 Å². The van der Waals surface area contributed by atoms with Gasteiger partial charge in [0.25, 0.3) is 5.91 Å². The van der Waals surface area contributed by atoms with Crippen LogP contribution in [-0.2, 0) is 9.59 Å². The van der Waals surface area contributed by atoms with Crippen LogP contribution in [0, 0.1) is 5.92 Å². The topological polar surface area (TPSA) is 105 Å². The van der Waals surface area contributed by atoms with Gasteiger partial charge in [-0.05, 0) is 23.6 Å². The lowest BCUT2D eigenvalue weighted by molar-refractivity contribution is -0.148. The summed E-state index contributed by atoms with van der Waals surface area (Å²) < 4.78 is 10.9. The summed E-state index contributed by atoms with van der Waals surface area (Å²) in [5, 5.41) is 12.0. The van der Waals surface area contributed by atoms with Crippen molar-refractivity contribution in [2.75, 3.05) is 13.2 Å². The Kier molecular flexibility index (Phi) is 4.52. The van der Waals surface area contributed by atoms with Crippen LogP contribution in [0.15, 0.2) is 18.2 Å². The maximum atomic E-state index is 12.8. The second-order valence-electron chi connectivity index (χ2n) is 6.16. The molecule has 0 aliphatic carbocycles. The zero-order valence-corrected chi connectivity index (χ0v) is 14.0. The fraction of sp³-hybridized carbons (Fsp3) is 0.471. The lowest BCUT2D eigenvalue weighted by Crippen LogP contribution is -2.48. The van der Waals surface area contributed by atoms with Crippen LogP contribution < -0.4 is 14.8 Å². The van der Waals surface area contributed by atoms with Gasteiger partial charge in [0.2, 0.25) is 0 Å². The molecule has 8 nitrogen and oxygen atoms in total. The number of rotatable bonds is 5. The number of amides is 3. The molecule has 3 amide bonds. The second kappa shape index (κ2) is 6.62. The summed E-state index contributed by atoms with van der Waals surface area (Å²) in [7, 11) is 0. The van der Waals surface area contributed by atoms with Crippen LogP contribution >= 0.6 is 0 Å². The highest BCUT2D eigenvalue weighted by molar-refractivity contribution is 6.07. The maximum Gasteiger partial charge on any atom is 0.327 e. The highest BCUT2D eigenvalue weighted by Crippen LogP contribution is 2.35. The van der Waals surface area contributed by atoms with E-state index in [2.05, 4.69) is 5.32 Å². The van der Waals surface area contributed by atoms with Crippen molar-refractivity contribution in [1.82, 2.24) is 10.2 Å². The van der Waals surface area contributed by atoms with Gasteiger partial charge in [0.15, 0.2) is 11.5 Å². The maximum absolute atomic E-state index is 12.8. The molecular formula is C17H20N2O6. The van der Waals surface area contributed by atoms with E-state index in [1.807, 2.05) is 6.92 Å². The molecule has 8 heteroatoms. The van der Waals surface area contributed by atoms with Gasteiger partial charge in [-0.2, -0.15) is 0 Å². The van der Waals surface area contributed by atoms with Crippen molar-refractivity contribution in [3.05, 3.63) is 23.8 Å². The monoisotopic (exact) mass is 348 g/mol. The third-order valence-electron chi connectivity index (χ3n) is 4.58. The summed E-state index contributed by atoms with van der Waals surface area (Å²) in [6.07, 6.45) is 0.530. The fourth-order valence-corrected chi connectivity index (χ4v) is 3.05. The van der Waals surface area contributed by atoms with E-state index in [9.17, 15) is 19.5 Å². The number of benzene rings is 1. The van der Waals surface area contributed by atoms with Crippen LogP contribution in [0.5, 0.6) is 11.5 Å². The van der Waals surface area contributed by atoms with Gasteiger partial charge in [-0.15, -0.1) is 0 Å². The van der Waals surface area contributed by atoms with Crippen molar-refractivity contribution >= 4 is 17.9 Å². The van der Waals surface area contributed by atoms with E-state index < -0.39 is 30.0 Å². The standard InChI is InChI=1S/C17H20N2O6/c1-3-9(2)14(16(21)22)19-15(20)13(18-17(19)23)10-4-5-11-12(8-10)25-7-6-24-11/h4-5,8-9,13-14H,3,6-7H2,1-2H3,(H,18,23)(H,21,22)/t9-,13?,14-/m0/s1. The van der Waals surface area contributed by atoms with Crippen molar-refractivity contribution in [1.29, 1.82) is 0 Å². The van der Waals surface area contributed by atoms with E-state index in [-0.39, 0.29) is 5.92 Å². The molecule has 2 aliphatic heterocycles. The number of urea groups is 1. The number of hydrogen-bond acceptors (Lipinski definition) is 5. The molecule has 0 saturated carbocycles. The largest absolute Gasteiger partial charge is 0.486 e. The number of imide groups is 1. The van der Waals surface area contributed by atoms with Crippen molar-refractivity contribution in [2.45, 2.75) is 32.4 Å². The van der Waals surface area contributed by atoms with Crippen molar-refractivity contribution < 1.29 is 29.0 Å². The number of carboxylic acid groups (broad SMARTS) is 1. The number of fused-ring (bicyclic) bond motifs is 1. The molecule has 25 heavy (non-hydrogen) atoms. The van der Waals surface area contributed by atoms with Gasteiger partial charge < -0.3 is 19.9 Å². The molecule has 2 heterocycles. The lowest BCUT2D eigenvalue weighted by Gasteiger charge is -2.26. The van der Waals surface area contributed by atoms with Crippen LogP contribution in [0.25, 0.3) is 0 Å². The summed E-state index contributed by atoms with van der Waals surface area (Å²) in [6, 6.07) is 2.15. The molecular weight excluding hydrogens is 328 g/mol. The zero-order valence-electron chi connectivity index (χ0n) is 14.0. The molecule has 134 valence electrons. The van der Waals surface area contributed by atoms with E-state index in [4.69, 9.17) is 9.47 Å². The first-order valence-electron chi connectivity index (χ1n) is 8.20. The smallest absolute Gasteiger partial charge is 0.327 e. The van der Waals surface area contributed by atoms with E-state index in [1.54, 1.807) is 25.1 Å². The van der Waals surface area contributed by atoms with Gasteiger partial charge in [-0.25, -0.2) is 14.5 Å². The molecule has 0 spiro atoms. The van der Waals surface area contributed by atoms with Gasteiger partial charge in [-0.3, -0.25) is 4.79 Å². The number of carbonyl (C=O) groups is 3.